The Morgan fingerprint density at radius 3 is 2.36 bits per heavy atom. The molecule has 5 rings (SSSR count). The molecule has 1 unspecified atom stereocenters. The van der Waals surface area contributed by atoms with Crippen molar-refractivity contribution in [2.45, 2.75) is 46.5 Å². The molecule has 1 aliphatic rings. The van der Waals surface area contributed by atoms with Crippen LogP contribution in [0.1, 0.15) is 66.0 Å². The average molecular weight is 433 g/mol. The zero-order valence-electron chi connectivity index (χ0n) is 20.0. The number of rotatable bonds is 4. The Labute approximate surface area is 197 Å². The first kappa shape index (κ1) is 22.7. The van der Waals surface area contributed by atoms with Crippen LogP contribution >= 0.6 is 0 Å². The highest BCUT2D eigenvalue weighted by molar-refractivity contribution is 5.89. The molecule has 2 aromatic carbocycles. The summed E-state index contributed by atoms with van der Waals surface area (Å²) >= 11 is 0. The van der Waals surface area contributed by atoms with E-state index in [4.69, 9.17) is 4.98 Å². The number of allylic oxidation sites excluding steroid dienone is 4. The Kier molecular flexibility index (Phi) is 7.14. The first-order chi connectivity index (χ1) is 16.2. The number of pyridine rings is 2. The number of nitrogens with zero attached hydrogens (tertiary/aromatic N) is 2. The molecule has 1 aliphatic carbocycles. The van der Waals surface area contributed by atoms with Gasteiger partial charge in [-0.15, -0.1) is 0 Å². The quantitative estimate of drug-likeness (QED) is 0.325. The first-order valence-electron chi connectivity index (χ1n) is 11.9. The van der Waals surface area contributed by atoms with Gasteiger partial charge in [-0.2, -0.15) is 0 Å². The highest BCUT2D eigenvalue weighted by atomic mass is 14.7. The second-order valence-corrected chi connectivity index (χ2v) is 8.35. The van der Waals surface area contributed by atoms with Crippen LogP contribution in [0.4, 0.5) is 0 Å². The van der Waals surface area contributed by atoms with E-state index in [1.54, 1.807) is 0 Å². The molecule has 2 nitrogen and oxygen atoms in total. The largest absolute Gasteiger partial charge is 0.264 e. The van der Waals surface area contributed by atoms with Gasteiger partial charge in [-0.1, -0.05) is 74.0 Å². The van der Waals surface area contributed by atoms with Gasteiger partial charge in [0.05, 0.1) is 5.52 Å². The summed E-state index contributed by atoms with van der Waals surface area (Å²) in [5.41, 5.74) is 9.86. The van der Waals surface area contributed by atoms with Gasteiger partial charge in [0.15, 0.2) is 0 Å². The molecule has 0 saturated carbocycles. The van der Waals surface area contributed by atoms with Gasteiger partial charge >= 0.3 is 0 Å². The summed E-state index contributed by atoms with van der Waals surface area (Å²) in [5, 5.41) is 1.22. The van der Waals surface area contributed by atoms with Crippen molar-refractivity contribution >= 4 is 16.5 Å². The summed E-state index contributed by atoms with van der Waals surface area (Å²) in [6.45, 7) is 8.37. The van der Waals surface area contributed by atoms with E-state index in [1.165, 1.54) is 44.3 Å². The Bertz CT molecular complexity index is 1300. The SMILES string of the molecule is CC.Cc1cccc(C(c2cccnc2)c2ccc3ncc(C4=CCCC=C4)c(C)c3c2)c1. The van der Waals surface area contributed by atoms with Gasteiger partial charge in [-0.25, -0.2) is 0 Å². The highest BCUT2D eigenvalue weighted by Crippen LogP contribution is 2.35. The number of aromatic nitrogens is 2. The van der Waals surface area contributed by atoms with Crippen molar-refractivity contribution in [3.05, 3.63) is 125 Å². The molecule has 0 aliphatic heterocycles. The highest BCUT2D eigenvalue weighted by Gasteiger charge is 2.19. The smallest absolute Gasteiger partial charge is 0.0705 e. The van der Waals surface area contributed by atoms with Crippen molar-refractivity contribution in [3.63, 3.8) is 0 Å². The van der Waals surface area contributed by atoms with Crippen molar-refractivity contribution in [2.75, 3.05) is 0 Å². The fraction of sp³-hybridized carbons (Fsp3) is 0.226. The lowest BCUT2D eigenvalue weighted by Crippen LogP contribution is -2.05. The molecular formula is C31H32N2. The van der Waals surface area contributed by atoms with Crippen LogP contribution in [0.25, 0.3) is 16.5 Å². The van der Waals surface area contributed by atoms with E-state index in [0.29, 0.717) is 0 Å². The second-order valence-electron chi connectivity index (χ2n) is 8.35. The van der Waals surface area contributed by atoms with Crippen molar-refractivity contribution in [1.82, 2.24) is 9.97 Å². The van der Waals surface area contributed by atoms with Crippen molar-refractivity contribution < 1.29 is 0 Å². The molecule has 33 heavy (non-hydrogen) atoms. The molecule has 0 fully saturated rings. The van der Waals surface area contributed by atoms with E-state index >= 15 is 0 Å². The molecule has 0 bridgehead atoms. The number of benzene rings is 2. The predicted octanol–water partition coefficient (Wildman–Crippen LogP) is 8.19. The standard InChI is InChI=1S/C29H26N2.C2H6/c1-20-8-6-11-23(16-20)29(25-12-7-15-30-18-25)24-13-14-28-26(17-24)21(2)27(19-31-28)22-9-4-3-5-10-22;1-2/h4,6-19,29H,3,5H2,1-2H3;1-2H3. The number of fused-ring (bicyclic) bond motifs is 1. The van der Waals surface area contributed by atoms with Crippen molar-refractivity contribution in [2.24, 2.45) is 0 Å². The van der Waals surface area contributed by atoms with E-state index < -0.39 is 0 Å². The van der Waals surface area contributed by atoms with E-state index in [-0.39, 0.29) is 5.92 Å². The second kappa shape index (κ2) is 10.4. The Morgan fingerprint density at radius 1 is 0.818 bits per heavy atom. The van der Waals surface area contributed by atoms with Gasteiger partial charge < -0.3 is 0 Å². The lowest BCUT2D eigenvalue weighted by atomic mass is 9.84. The lowest BCUT2D eigenvalue weighted by molar-refractivity contribution is 0.962. The van der Waals surface area contributed by atoms with Crippen LogP contribution < -0.4 is 0 Å². The van der Waals surface area contributed by atoms with E-state index in [9.17, 15) is 0 Å². The summed E-state index contributed by atoms with van der Waals surface area (Å²) in [4.78, 5) is 9.20. The average Bonchev–Trinajstić information content (AvgIpc) is 2.87. The van der Waals surface area contributed by atoms with E-state index in [0.717, 1.165) is 18.4 Å². The zero-order valence-corrected chi connectivity index (χ0v) is 20.0. The van der Waals surface area contributed by atoms with Gasteiger partial charge in [0, 0.05) is 35.5 Å². The van der Waals surface area contributed by atoms with Crippen molar-refractivity contribution in [1.29, 1.82) is 0 Å². The molecule has 166 valence electrons. The number of hydrogen-bond donors (Lipinski definition) is 0. The molecule has 0 saturated heterocycles. The molecule has 0 amide bonds. The number of aryl methyl sites for hydroxylation is 2. The van der Waals surface area contributed by atoms with Crippen LogP contribution in [-0.4, -0.2) is 9.97 Å². The maximum atomic E-state index is 4.79. The maximum Gasteiger partial charge on any atom is 0.0705 e. The zero-order chi connectivity index (χ0) is 23.2. The van der Waals surface area contributed by atoms with Crippen LogP contribution in [-0.2, 0) is 0 Å². The molecular weight excluding hydrogens is 400 g/mol. The Balaban J connectivity index is 0.00000126. The fourth-order valence-corrected chi connectivity index (χ4v) is 4.60. The molecule has 0 spiro atoms. The monoisotopic (exact) mass is 432 g/mol. The van der Waals surface area contributed by atoms with Gasteiger partial charge in [0.25, 0.3) is 0 Å². The molecule has 4 aromatic rings. The molecule has 0 N–H and O–H groups in total. The minimum Gasteiger partial charge on any atom is -0.264 e. The van der Waals surface area contributed by atoms with Crippen LogP contribution in [0.3, 0.4) is 0 Å². The van der Waals surface area contributed by atoms with Gasteiger partial charge in [0.1, 0.15) is 0 Å². The van der Waals surface area contributed by atoms with Gasteiger partial charge in [0.2, 0.25) is 0 Å². The third kappa shape index (κ3) is 4.80. The third-order valence-electron chi connectivity index (χ3n) is 6.19. The fourth-order valence-electron chi connectivity index (χ4n) is 4.60. The Hall–Kier alpha value is -3.52. The van der Waals surface area contributed by atoms with Gasteiger partial charge in [-0.3, -0.25) is 9.97 Å². The molecule has 1 atom stereocenters. The third-order valence-corrected chi connectivity index (χ3v) is 6.19. The van der Waals surface area contributed by atoms with Crippen LogP contribution in [0.2, 0.25) is 0 Å². The first-order valence-corrected chi connectivity index (χ1v) is 11.9. The molecule has 2 heterocycles. The van der Waals surface area contributed by atoms with E-state index in [1.807, 2.05) is 38.5 Å². The molecule has 0 radical (unpaired) electrons. The Morgan fingerprint density at radius 2 is 1.64 bits per heavy atom. The van der Waals surface area contributed by atoms with Crippen LogP contribution in [0, 0.1) is 13.8 Å². The maximum absolute atomic E-state index is 4.79. The van der Waals surface area contributed by atoms with Crippen LogP contribution in [0.15, 0.2) is 91.4 Å². The summed E-state index contributed by atoms with van der Waals surface area (Å²) in [6.07, 6.45) is 14.9. The van der Waals surface area contributed by atoms with Crippen LogP contribution in [0.5, 0.6) is 0 Å². The van der Waals surface area contributed by atoms with E-state index in [2.05, 4.69) is 85.6 Å². The predicted molar refractivity (Wildman–Crippen MR) is 141 cm³/mol. The summed E-state index contributed by atoms with van der Waals surface area (Å²) in [5.74, 6) is 0.134. The summed E-state index contributed by atoms with van der Waals surface area (Å²) in [6, 6.07) is 19.7. The topological polar surface area (TPSA) is 25.8 Å². The minimum atomic E-state index is 0.134. The normalized spacial score (nSPS) is 13.8. The molecule has 2 heteroatoms. The summed E-state index contributed by atoms with van der Waals surface area (Å²) < 4.78 is 0. The minimum absolute atomic E-state index is 0.134. The van der Waals surface area contributed by atoms with Crippen molar-refractivity contribution in [3.8, 4) is 0 Å². The molecule has 2 aromatic heterocycles. The number of hydrogen-bond acceptors (Lipinski definition) is 2. The summed E-state index contributed by atoms with van der Waals surface area (Å²) in [7, 11) is 0. The lowest BCUT2D eigenvalue weighted by Gasteiger charge is -2.20. The van der Waals surface area contributed by atoms with Gasteiger partial charge in [-0.05, 0) is 72.7 Å².